The summed E-state index contributed by atoms with van der Waals surface area (Å²) < 4.78 is 53.2. The smallest absolute Gasteiger partial charge is 0.416 e. The van der Waals surface area contributed by atoms with Gasteiger partial charge in [-0.3, -0.25) is 19.6 Å². The number of nitrogens with zero attached hydrogens (tertiary/aromatic N) is 6. The van der Waals surface area contributed by atoms with Crippen LogP contribution in [0.25, 0.3) is 0 Å². The topological polar surface area (TPSA) is 122 Å². The fourth-order valence-electron chi connectivity index (χ4n) is 4.95. The van der Waals surface area contributed by atoms with Crippen LogP contribution in [-0.2, 0) is 17.5 Å². The predicted octanol–water partition coefficient (Wildman–Crippen LogP) is 2.58. The van der Waals surface area contributed by atoms with Crippen LogP contribution in [0.5, 0.6) is 5.88 Å². The highest BCUT2D eigenvalue weighted by atomic mass is 19.4. The Balaban J connectivity index is 1.26. The van der Waals surface area contributed by atoms with Crippen LogP contribution in [0, 0.1) is 11.8 Å². The van der Waals surface area contributed by atoms with Crippen LogP contribution in [0.15, 0.2) is 42.9 Å². The lowest BCUT2D eigenvalue weighted by atomic mass is 10.0. The molecule has 11 nitrogen and oxygen atoms in total. The first kappa shape index (κ1) is 32.1. The van der Waals surface area contributed by atoms with E-state index in [1.807, 2.05) is 11.9 Å². The lowest BCUT2D eigenvalue weighted by Crippen LogP contribution is -2.44. The Kier molecular flexibility index (Phi) is 10.5. The first-order valence-corrected chi connectivity index (χ1v) is 14.6. The molecule has 4 heterocycles. The maximum atomic E-state index is 14.0. The molecule has 0 aliphatic carbocycles. The zero-order chi connectivity index (χ0) is 31.8. The maximum absolute atomic E-state index is 14.0. The Morgan fingerprint density at radius 2 is 1.82 bits per heavy atom. The number of rotatable bonds is 8. The molecule has 14 heteroatoms. The third-order valence-electron chi connectivity index (χ3n) is 7.53. The van der Waals surface area contributed by atoms with Gasteiger partial charge in [0.25, 0.3) is 5.91 Å². The van der Waals surface area contributed by atoms with Gasteiger partial charge in [-0.2, -0.15) is 18.2 Å². The van der Waals surface area contributed by atoms with Gasteiger partial charge in [0.05, 0.1) is 30.5 Å². The summed E-state index contributed by atoms with van der Waals surface area (Å²) in [7, 11) is 1.99. The molecule has 3 aromatic rings. The number of halogens is 3. The molecular weight excluding hydrogens is 589 g/mol. The summed E-state index contributed by atoms with van der Waals surface area (Å²) in [5, 5.41) is 2.56. The van der Waals surface area contributed by atoms with Crippen LogP contribution < -0.4 is 15.8 Å². The Morgan fingerprint density at radius 1 is 1.04 bits per heavy atom. The van der Waals surface area contributed by atoms with E-state index >= 15 is 0 Å². The first-order valence-electron chi connectivity index (χ1n) is 14.6. The summed E-state index contributed by atoms with van der Waals surface area (Å²) in [5.41, 5.74) is 6.11. The van der Waals surface area contributed by atoms with Gasteiger partial charge in [0, 0.05) is 76.0 Å². The SMILES string of the molecule is CN1CCN(Cc2ccc(NC(=O)c3cncc(C#Cc4cnc(N)nc4OCCN4CCOCC4)c3)cc2C(F)(F)F)CC1. The summed E-state index contributed by atoms with van der Waals surface area (Å²) in [4.78, 5) is 31.6. The number of ether oxygens (including phenoxy) is 2. The van der Waals surface area contributed by atoms with E-state index in [0.717, 1.165) is 32.2 Å². The van der Waals surface area contributed by atoms with Crippen LogP contribution in [0.1, 0.15) is 32.6 Å². The van der Waals surface area contributed by atoms with Gasteiger partial charge < -0.3 is 25.4 Å². The van der Waals surface area contributed by atoms with Crippen molar-refractivity contribution in [3.05, 3.63) is 70.7 Å². The van der Waals surface area contributed by atoms with Crippen molar-refractivity contribution in [3.8, 4) is 17.7 Å². The lowest BCUT2D eigenvalue weighted by molar-refractivity contribution is -0.138. The van der Waals surface area contributed by atoms with Gasteiger partial charge in [-0.15, -0.1) is 0 Å². The van der Waals surface area contributed by atoms with Crippen molar-refractivity contribution in [2.24, 2.45) is 0 Å². The van der Waals surface area contributed by atoms with Crippen molar-refractivity contribution in [1.82, 2.24) is 29.7 Å². The molecule has 5 rings (SSSR count). The van der Waals surface area contributed by atoms with Gasteiger partial charge in [-0.25, -0.2) is 4.98 Å². The van der Waals surface area contributed by atoms with Crippen molar-refractivity contribution in [2.75, 3.05) is 83.7 Å². The zero-order valence-corrected chi connectivity index (χ0v) is 24.9. The van der Waals surface area contributed by atoms with Crippen molar-refractivity contribution in [2.45, 2.75) is 12.7 Å². The van der Waals surface area contributed by atoms with Crippen molar-refractivity contribution >= 4 is 17.5 Å². The van der Waals surface area contributed by atoms with E-state index in [2.05, 4.69) is 41.9 Å². The van der Waals surface area contributed by atoms with Crippen LogP contribution in [0.3, 0.4) is 0 Å². The monoisotopic (exact) mass is 624 g/mol. The molecule has 0 spiro atoms. The number of benzene rings is 1. The highest BCUT2D eigenvalue weighted by Crippen LogP contribution is 2.34. The minimum atomic E-state index is -4.57. The van der Waals surface area contributed by atoms with E-state index in [4.69, 9.17) is 15.2 Å². The molecule has 0 bridgehead atoms. The van der Waals surface area contributed by atoms with Crippen LogP contribution in [0.2, 0.25) is 0 Å². The number of amides is 1. The van der Waals surface area contributed by atoms with Gasteiger partial charge in [0.2, 0.25) is 11.8 Å². The number of likely N-dealkylation sites (N-methyl/N-ethyl adjacent to an activating group) is 1. The molecular formula is C31H35F3N8O3. The second kappa shape index (κ2) is 14.7. The molecule has 3 N–H and O–H groups in total. The highest BCUT2D eigenvalue weighted by molar-refractivity contribution is 6.04. The number of aromatic nitrogens is 3. The van der Waals surface area contributed by atoms with Gasteiger partial charge in [-0.05, 0) is 30.8 Å². The molecule has 1 aromatic carbocycles. The Bertz CT molecular complexity index is 1550. The number of pyridine rings is 1. The van der Waals surface area contributed by atoms with E-state index in [1.54, 1.807) is 0 Å². The molecule has 0 atom stereocenters. The van der Waals surface area contributed by atoms with Gasteiger partial charge in [-0.1, -0.05) is 17.9 Å². The average molecular weight is 625 g/mol. The molecule has 2 fully saturated rings. The third kappa shape index (κ3) is 9.11. The number of nitrogens with one attached hydrogen (secondary N) is 1. The lowest BCUT2D eigenvalue weighted by Gasteiger charge is -2.33. The number of hydrogen-bond donors (Lipinski definition) is 2. The molecule has 2 aliphatic heterocycles. The number of hydrogen-bond acceptors (Lipinski definition) is 10. The molecule has 45 heavy (non-hydrogen) atoms. The number of alkyl halides is 3. The Morgan fingerprint density at radius 3 is 2.58 bits per heavy atom. The minimum Gasteiger partial charge on any atom is -0.475 e. The van der Waals surface area contributed by atoms with Gasteiger partial charge >= 0.3 is 6.18 Å². The van der Waals surface area contributed by atoms with Gasteiger partial charge in [0.1, 0.15) is 12.2 Å². The number of carbonyl (C=O) groups excluding carboxylic acids is 1. The number of morpholine rings is 1. The number of piperazine rings is 1. The van der Waals surface area contributed by atoms with Crippen LogP contribution in [0.4, 0.5) is 24.8 Å². The molecule has 1 amide bonds. The molecule has 238 valence electrons. The second-order valence-corrected chi connectivity index (χ2v) is 10.9. The zero-order valence-electron chi connectivity index (χ0n) is 24.9. The summed E-state index contributed by atoms with van der Waals surface area (Å²) in [6.45, 7) is 7.22. The minimum absolute atomic E-state index is 0.0313. The third-order valence-corrected chi connectivity index (χ3v) is 7.53. The summed E-state index contributed by atoms with van der Waals surface area (Å²) >= 11 is 0. The quantitative estimate of drug-likeness (QED) is 0.362. The Hall–Kier alpha value is -4.29. The van der Waals surface area contributed by atoms with E-state index in [9.17, 15) is 18.0 Å². The molecule has 0 saturated carbocycles. The highest BCUT2D eigenvalue weighted by Gasteiger charge is 2.34. The number of carbonyl (C=O) groups is 1. The van der Waals surface area contributed by atoms with Crippen LogP contribution >= 0.6 is 0 Å². The van der Waals surface area contributed by atoms with E-state index in [-0.39, 0.29) is 35.2 Å². The van der Waals surface area contributed by atoms with Crippen molar-refractivity contribution in [3.63, 3.8) is 0 Å². The molecule has 2 saturated heterocycles. The van der Waals surface area contributed by atoms with E-state index in [0.29, 0.717) is 50.6 Å². The normalized spacial score (nSPS) is 16.5. The fraction of sp³-hybridized carbons (Fsp3) is 0.419. The maximum Gasteiger partial charge on any atom is 0.416 e. The average Bonchev–Trinajstić information content (AvgIpc) is 3.02. The summed E-state index contributed by atoms with van der Waals surface area (Å²) in [6.07, 6.45) is -0.332. The molecule has 2 aliphatic rings. The molecule has 2 aromatic heterocycles. The molecule has 0 radical (unpaired) electrons. The fourth-order valence-corrected chi connectivity index (χ4v) is 4.95. The number of nitrogen functional groups attached to an aromatic ring is 1. The number of nitrogens with two attached hydrogens (primary N) is 1. The summed E-state index contributed by atoms with van der Waals surface area (Å²) in [5.74, 6) is 5.52. The molecule has 0 unspecified atom stereocenters. The van der Waals surface area contributed by atoms with Crippen molar-refractivity contribution in [1.29, 1.82) is 0 Å². The Labute approximate surface area is 259 Å². The first-order chi connectivity index (χ1) is 21.6. The van der Waals surface area contributed by atoms with E-state index < -0.39 is 17.6 Å². The largest absolute Gasteiger partial charge is 0.475 e. The van der Waals surface area contributed by atoms with Crippen LogP contribution in [-0.4, -0.2) is 108 Å². The summed E-state index contributed by atoms with van der Waals surface area (Å²) in [6, 6.07) is 5.38. The standard InChI is InChI=1S/C31H35F3N8O3/c1-40-6-8-42(9-7-40)21-24-4-5-26(17-27(24)31(32,33)34)38-28(43)25-16-22(18-36-19-25)2-3-23-20-37-30(35)39-29(23)45-15-12-41-10-13-44-14-11-41/h4-5,16-20H,6-15,21H2,1H3,(H,38,43)(H2,35,37,39). The van der Waals surface area contributed by atoms with E-state index in [1.165, 1.54) is 36.8 Å². The number of anilines is 2. The predicted molar refractivity (Wildman–Crippen MR) is 162 cm³/mol. The van der Waals surface area contributed by atoms with Crippen molar-refractivity contribution < 1.29 is 27.4 Å². The van der Waals surface area contributed by atoms with Gasteiger partial charge in [0.15, 0.2) is 0 Å². The second-order valence-electron chi connectivity index (χ2n) is 10.9.